The summed E-state index contributed by atoms with van der Waals surface area (Å²) in [7, 11) is 0. The molecule has 0 spiro atoms. The molecule has 0 fully saturated rings. The smallest absolute Gasteiger partial charge is 0.223 e. The highest BCUT2D eigenvalue weighted by molar-refractivity contribution is 5.76. The Hall–Kier alpha value is -3.65. The summed E-state index contributed by atoms with van der Waals surface area (Å²) in [6.45, 7) is 3.29. The summed E-state index contributed by atoms with van der Waals surface area (Å²) in [5, 5.41) is 11.8. The van der Waals surface area contributed by atoms with Crippen LogP contribution in [0, 0.1) is 5.82 Å². The van der Waals surface area contributed by atoms with Crippen molar-refractivity contribution < 1.29 is 9.13 Å². The summed E-state index contributed by atoms with van der Waals surface area (Å²) >= 11 is 0. The van der Waals surface area contributed by atoms with Gasteiger partial charge in [-0.2, -0.15) is 0 Å². The Morgan fingerprint density at radius 1 is 1.03 bits per heavy atom. The van der Waals surface area contributed by atoms with Gasteiger partial charge in [0.1, 0.15) is 23.9 Å². The van der Waals surface area contributed by atoms with E-state index >= 15 is 0 Å². The number of rotatable bonds is 8. The second-order valence-electron chi connectivity index (χ2n) is 6.52. The maximum absolute atomic E-state index is 13.4. The number of ether oxygens (including phenoxy) is 1. The molecule has 0 aliphatic carbocycles. The summed E-state index contributed by atoms with van der Waals surface area (Å²) < 4.78 is 20.6. The van der Waals surface area contributed by atoms with Gasteiger partial charge in [-0.25, -0.2) is 19.0 Å². The van der Waals surface area contributed by atoms with Crippen LogP contribution in [0.5, 0.6) is 0 Å². The third-order valence-electron chi connectivity index (χ3n) is 4.46. The molecule has 0 saturated heterocycles. The van der Waals surface area contributed by atoms with Crippen molar-refractivity contribution in [3.63, 3.8) is 0 Å². The molecular weight excluding hydrogens is 383 g/mol. The van der Waals surface area contributed by atoms with Gasteiger partial charge in [0.25, 0.3) is 0 Å². The largest absolute Gasteiger partial charge is 0.359 e. The number of nitrogens with zero attached hydrogens (tertiary/aromatic N) is 5. The van der Waals surface area contributed by atoms with E-state index in [0.717, 1.165) is 11.1 Å². The quantitative estimate of drug-likeness (QED) is 0.475. The van der Waals surface area contributed by atoms with Gasteiger partial charge in [-0.1, -0.05) is 35.5 Å². The molecule has 0 bridgehead atoms. The maximum atomic E-state index is 13.4. The molecule has 2 heterocycles. The lowest BCUT2D eigenvalue weighted by atomic mass is 10.1. The molecule has 0 atom stereocenters. The molecule has 1 N–H and O–H groups in total. The van der Waals surface area contributed by atoms with Crippen LogP contribution >= 0.6 is 0 Å². The van der Waals surface area contributed by atoms with Crippen LogP contribution in [-0.4, -0.2) is 31.6 Å². The Bertz CT molecular complexity index is 1100. The number of halogens is 1. The molecule has 7 nitrogen and oxygen atoms in total. The van der Waals surface area contributed by atoms with Crippen molar-refractivity contribution in [1.29, 1.82) is 0 Å². The summed E-state index contributed by atoms with van der Waals surface area (Å²) in [5.74, 6) is 0.180. The van der Waals surface area contributed by atoms with Crippen molar-refractivity contribution >= 4 is 5.95 Å². The van der Waals surface area contributed by atoms with E-state index in [-0.39, 0.29) is 12.5 Å². The molecule has 8 heteroatoms. The Labute approximate surface area is 173 Å². The van der Waals surface area contributed by atoms with Crippen LogP contribution in [0.2, 0.25) is 0 Å². The number of anilines is 1. The van der Waals surface area contributed by atoms with E-state index < -0.39 is 0 Å². The van der Waals surface area contributed by atoms with Gasteiger partial charge in [0, 0.05) is 24.9 Å². The average molecular weight is 404 g/mol. The second kappa shape index (κ2) is 9.23. The highest BCUT2D eigenvalue weighted by Gasteiger charge is 2.18. The normalized spacial score (nSPS) is 10.9. The third kappa shape index (κ3) is 4.49. The van der Waals surface area contributed by atoms with Gasteiger partial charge in [0.15, 0.2) is 0 Å². The molecule has 2 aromatic carbocycles. The average Bonchev–Trinajstić information content (AvgIpc) is 3.21. The summed E-state index contributed by atoms with van der Waals surface area (Å²) in [6.07, 6.45) is 1.67. The van der Waals surface area contributed by atoms with Crippen molar-refractivity contribution in [3.8, 4) is 22.6 Å². The van der Waals surface area contributed by atoms with Crippen molar-refractivity contribution in [2.75, 3.05) is 11.9 Å². The number of aromatic nitrogens is 5. The predicted octanol–water partition coefficient (Wildman–Crippen LogP) is 4.15. The highest BCUT2D eigenvalue weighted by atomic mass is 19.1. The van der Waals surface area contributed by atoms with E-state index in [1.54, 1.807) is 29.1 Å². The number of hydrogen-bond acceptors (Lipinski definition) is 6. The molecule has 0 aliphatic rings. The van der Waals surface area contributed by atoms with Crippen LogP contribution in [0.25, 0.3) is 22.6 Å². The lowest BCUT2D eigenvalue weighted by Gasteiger charge is -2.09. The fourth-order valence-electron chi connectivity index (χ4n) is 3.00. The van der Waals surface area contributed by atoms with Crippen LogP contribution in [-0.2, 0) is 18.0 Å². The molecule has 4 aromatic rings. The zero-order valence-corrected chi connectivity index (χ0v) is 16.5. The summed E-state index contributed by atoms with van der Waals surface area (Å²) in [5.41, 5.74) is 3.79. The van der Waals surface area contributed by atoms with Gasteiger partial charge >= 0.3 is 0 Å². The van der Waals surface area contributed by atoms with Gasteiger partial charge in [-0.3, -0.25) is 0 Å². The van der Waals surface area contributed by atoms with Crippen molar-refractivity contribution in [3.05, 3.63) is 78.2 Å². The van der Waals surface area contributed by atoms with E-state index in [1.165, 1.54) is 12.1 Å². The van der Waals surface area contributed by atoms with E-state index in [4.69, 9.17) is 4.74 Å². The lowest BCUT2D eigenvalue weighted by Crippen LogP contribution is -2.06. The van der Waals surface area contributed by atoms with E-state index in [9.17, 15) is 4.39 Å². The van der Waals surface area contributed by atoms with E-state index in [0.29, 0.717) is 36.2 Å². The fourth-order valence-corrected chi connectivity index (χ4v) is 3.00. The minimum Gasteiger partial charge on any atom is -0.359 e. The van der Waals surface area contributed by atoms with Gasteiger partial charge in [-0.05, 0) is 42.8 Å². The molecule has 30 heavy (non-hydrogen) atoms. The molecule has 4 rings (SSSR count). The zero-order chi connectivity index (χ0) is 20.8. The molecule has 0 saturated carbocycles. The summed E-state index contributed by atoms with van der Waals surface area (Å²) in [6, 6.07) is 18.0. The van der Waals surface area contributed by atoms with Crippen molar-refractivity contribution in [1.82, 2.24) is 25.0 Å². The number of nitrogens with one attached hydrogen (secondary N) is 1. The van der Waals surface area contributed by atoms with Crippen molar-refractivity contribution in [2.45, 2.75) is 20.2 Å². The molecule has 152 valence electrons. The van der Waals surface area contributed by atoms with Gasteiger partial charge < -0.3 is 10.1 Å². The van der Waals surface area contributed by atoms with Crippen LogP contribution in [0.15, 0.2) is 66.9 Å². The minimum absolute atomic E-state index is 0.237. The first-order chi connectivity index (χ1) is 14.7. The van der Waals surface area contributed by atoms with Gasteiger partial charge in [0.05, 0.1) is 5.69 Å². The fraction of sp³-hybridized carbons (Fsp3) is 0.182. The molecule has 0 amide bonds. The standard InChI is InChI=1S/C22H21FN6O/c1-2-30-15-29-21(17-8-10-18(23)11-9-17)20(27-28-29)19-12-13-24-22(26-19)25-14-16-6-4-3-5-7-16/h3-13H,2,14-15H2,1H3,(H,24,25,26). The Morgan fingerprint density at radius 3 is 2.60 bits per heavy atom. The van der Waals surface area contributed by atoms with E-state index in [1.807, 2.05) is 37.3 Å². The van der Waals surface area contributed by atoms with Crippen LogP contribution in [0.1, 0.15) is 12.5 Å². The van der Waals surface area contributed by atoms with Gasteiger partial charge in [-0.15, -0.1) is 5.10 Å². The van der Waals surface area contributed by atoms with Crippen molar-refractivity contribution in [2.24, 2.45) is 0 Å². The minimum atomic E-state index is -0.307. The number of hydrogen-bond donors (Lipinski definition) is 1. The zero-order valence-electron chi connectivity index (χ0n) is 16.5. The first kappa shape index (κ1) is 19.7. The molecule has 0 radical (unpaired) electrons. The Balaban J connectivity index is 1.66. The maximum Gasteiger partial charge on any atom is 0.223 e. The topological polar surface area (TPSA) is 77.8 Å². The second-order valence-corrected chi connectivity index (χ2v) is 6.52. The molecule has 2 aromatic heterocycles. The molecule has 0 unspecified atom stereocenters. The monoisotopic (exact) mass is 404 g/mol. The van der Waals surface area contributed by atoms with E-state index in [2.05, 4.69) is 25.6 Å². The lowest BCUT2D eigenvalue weighted by molar-refractivity contribution is 0.0790. The van der Waals surface area contributed by atoms with Crippen LogP contribution in [0.3, 0.4) is 0 Å². The van der Waals surface area contributed by atoms with Crippen LogP contribution in [0.4, 0.5) is 10.3 Å². The Kier molecular flexibility index (Phi) is 6.05. The number of benzene rings is 2. The SMILES string of the molecule is CCOCn1nnc(-c2ccnc(NCc3ccccc3)n2)c1-c1ccc(F)cc1. The highest BCUT2D eigenvalue weighted by Crippen LogP contribution is 2.29. The predicted molar refractivity (Wildman–Crippen MR) is 112 cm³/mol. The first-order valence-electron chi connectivity index (χ1n) is 9.63. The Morgan fingerprint density at radius 2 is 1.83 bits per heavy atom. The molecular formula is C22H21FN6O. The molecule has 0 aliphatic heterocycles. The summed E-state index contributed by atoms with van der Waals surface area (Å²) in [4.78, 5) is 8.90. The third-order valence-corrected chi connectivity index (χ3v) is 4.46. The van der Waals surface area contributed by atoms with Gasteiger partial charge in [0.2, 0.25) is 5.95 Å². The van der Waals surface area contributed by atoms with Crippen LogP contribution < -0.4 is 5.32 Å². The first-order valence-corrected chi connectivity index (χ1v) is 9.63.